The third-order valence-corrected chi connectivity index (χ3v) is 4.60. The lowest BCUT2D eigenvalue weighted by molar-refractivity contribution is 0.288. The number of aliphatic hydroxyl groups excluding tert-OH is 1. The molecule has 30 heavy (non-hydrogen) atoms. The molecule has 2 N–H and O–H groups in total. The van der Waals surface area contributed by atoms with Crippen molar-refractivity contribution in [2.45, 2.75) is 12.8 Å². The van der Waals surface area contributed by atoms with Gasteiger partial charge in [0.05, 0.1) is 23.3 Å². The lowest BCUT2D eigenvalue weighted by Crippen LogP contribution is -1.96. The molecule has 0 bridgehead atoms. The first-order valence-electron chi connectivity index (χ1n) is 9.89. The summed E-state index contributed by atoms with van der Waals surface area (Å²) in [6.45, 7) is 0.161. The predicted molar refractivity (Wildman–Crippen MR) is 120 cm³/mol. The smallest absolute Gasteiger partial charge is 0.0832 e. The molecule has 0 unspecified atom stereocenters. The first-order valence-corrected chi connectivity index (χ1v) is 9.89. The van der Waals surface area contributed by atoms with Crippen LogP contribution < -0.4 is 5.32 Å². The van der Waals surface area contributed by atoms with E-state index < -0.39 is 0 Å². The lowest BCUT2D eigenvalue weighted by Gasteiger charge is -2.08. The van der Waals surface area contributed by atoms with Gasteiger partial charge in [0.25, 0.3) is 0 Å². The molecule has 0 aliphatic heterocycles. The Morgan fingerprint density at radius 1 is 0.900 bits per heavy atom. The van der Waals surface area contributed by atoms with Crippen LogP contribution in [0.25, 0.3) is 17.8 Å². The van der Waals surface area contributed by atoms with E-state index in [2.05, 4.69) is 44.9 Å². The van der Waals surface area contributed by atoms with Gasteiger partial charge in [-0.1, -0.05) is 29.5 Å². The molecule has 0 aliphatic rings. The molecule has 0 saturated heterocycles. The number of nitrogens with one attached hydrogen (secondary N) is 1. The van der Waals surface area contributed by atoms with Gasteiger partial charge in [0.2, 0.25) is 0 Å². The highest BCUT2D eigenvalue weighted by molar-refractivity contribution is 5.70. The van der Waals surface area contributed by atoms with Crippen molar-refractivity contribution in [2.24, 2.45) is 0 Å². The van der Waals surface area contributed by atoms with Crippen molar-refractivity contribution in [3.05, 3.63) is 96.1 Å². The van der Waals surface area contributed by atoms with Gasteiger partial charge in [0.1, 0.15) is 0 Å². The van der Waals surface area contributed by atoms with Gasteiger partial charge in [-0.15, -0.1) is 5.10 Å². The monoisotopic (exact) mass is 397 g/mol. The average molecular weight is 397 g/mol. The maximum atomic E-state index is 8.92. The second-order valence-electron chi connectivity index (χ2n) is 6.86. The number of hydrogen-bond acceptors (Lipinski definition) is 5. The van der Waals surface area contributed by atoms with Crippen molar-refractivity contribution in [3.63, 3.8) is 0 Å². The van der Waals surface area contributed by atoms with Gasteiger partial charge < -0.3 is 10.4 Å². The Bertz CT molecular complexity index is 1090. The molecule has 0 atom stereocenters. The van der Waals surface area contributed by atoms with Crippen molar-refractivity contribution in [1.82, 2.24) is 20.0 Å². The van der Waals surface area contributed by atoms with Crippen LogP contribution in [0.2, 0.25) is 0 Å². The highest BCUT2D eigenvalue weighted by atomic mass is 16.2. The van der Waals surface area contributed by atoms with Crippen LogP contribution in [0.4, 0.5) is 11.4 Å². The second kappa shape index (κ2) is 9.62. The zero-order chi connectivity index (χ0) is 20.6. The van der Waals surface area contributed by atoms with E-state index in [0.29, 0.717) is 6.42 Å². The van der Waals surface area contributed by atoms with Crippen molar-refractivity contribution >= 4 is 23.5 Å². The minimum Gasteiger partial charge on any atom is -0.396 e. The molecule has 4 aromatic rings. The number of aryl methyl sites for hydroxylation is 1. The van der Waals surface area contributed by atoms with E-state index >= 15 is 0 Å². The number of rotatable bonds is 8. The van der Waals surface area contributed by atoms with Crippen molar-refractivity contribution in [3.8, 4) is 5.69 Å². The highest BCUT2D eigenvalue weighted by Crippen LogP contribution is 2.20. The van der Waals surface area contributed by atoms with Crippen LogP contribution >= 0.6 is 0 Å². The molecule has 4 rings (SSSR count). The molecule has 0 radical (unpaired) electrons. The summed E-state index contributed by atoms with van der Waals surface area (Å²) < 4.78 is 1.75. The fraction of sp³-hybridized carbons (Fsp3) is 0.125. The topological polar surface area (TPSA) is 75.9 Å². The molecule has 2 aromatic carbocycles. The summed E-state index contributed by atoms with van der Waals surface area (Å²) in [7, 11) is 0. The molecular weight excluding hydrogens is 374 g/mol. The summed E-state index contributed by atoms with van der Waals surface area (Å²) in [5, 5.41) is 20.6. The number of hydrogen-bond donors (Lipinski definition) is 2. The van der Waals surface area contributed by atoms with Gasteiger partial charge in [-0.25, -0.2) is 4.68 Å². The third kappa shape index (κ3) is 5.18. The summed E-state index contributed by atoms with van der Waals surface area (Å²) in [6.07, 6.45) is 9.16. The molecule has 0 fully saturated rings. The SMILES string of the molecule is OCCCc1cn(-c2ccc(Nc3ccc(C=Cc4ccccn4)cc3)cc2)nn1. The normalized spacial score (nSPS) is 11.1. The van der Waals surface area contributed by atoms with E-state index in [4.69, 9.17) is 5.11 Å². The zero-order valence-electron chi connectivity index (χ0n) is 16.5. The van der Waals surface area contributed by atoms with Crippen molar-refractivity contribution in [2.75, 3.05) is 11.9 Å². The largest absolute Gasteiger partial charge is 0.396 e. The average Bonchev–Trinajstić information content (AvgIpc) is 3.27. The van der Waals surface area contributed by atoms with Crippen LogP contribution in [0.15, 0.2) is 79.1 Å². The zero-order valence-corrected chi connectivity index (χ0v) is 16.5. The van der Waals surface area contributed by atoms with Crippen molar-refractivity contribution in [1.29, 1.82) is 0 Å². The van der Waals surface area contributed by atoms with E-state index in [-0.39, 0.29) is 6.61 Å². The third-order valence-electron chi connectivity index (χ3n) is 4.60. The summed E-state index contributed by atoms with van der Waals surface area (Å²) in [4.78, 5) is 4.29. The Balaban J connectivity index is 1.37. The van der Waals surface area contributed by atoms with Gasteiger partial charge in [0.15, 0.2) is 0 Å². The second-order valence-corrected chi connectivity index (χ2v) is 6.86. The van der Waals surface area contributed by atoms with Crippen molar-refractivity contribution < 1.29 is 5.11 Å². The molecule has 150 valence electrons. The Labute approximate surface area is 175 Å². The van der Waals surface area contributed by atoms with Gasteiger partial charge in [-0.3, -0.25) is 4.98 Å². The summed E-state index contributed by atoms with van der Waals surface area (Å²) >= 11 is 0. The fourth-order valence-electron chi connectivity index (χ4n) is 3.00. The van der Waals surface area contributed by atoms with Gasteiger partial charge in [0, 0.05) is 24.2 Å². The summed E-state index contributed by atoms with van der Waals surface area (Å²) in [6, 6.07) is 22.1. The van der Waals surface area contributed by atoms with Crippen LogP contribution in [0, 0.1) is 0 Å². The standard InChI is InChI=1S/C24H23N5O/c30-17-3-5-23-18-29(28-27-23)24-14-12-22(13-15-24)26-21-10-7-19(8-11-21)6-9-20-4-1-2-16-25-20/h1-2,4,6-16,18,26,30H,3,5,17H2. The van der Waals surface area contributed by atoms with E-state index in [1.165, 1.54) is 0 Å². The van der Waals surface area contributed by atoms with Gasteiger partial charge >= 0.3 is 0 Å². The van der Waals surface area contributed by atoms with E-state index in [1.807, 2.05) is 60.8 Å². The molecule has 2 aromatic heterocycles. The minimum atomic E-state index is 0.161. The molecule has 0 aliphatic carbocycles. The number of benzene rings is 2. The van der Waals surface area contributed by atoms with E-state index in [0.717, 1.165) is 40.4 Å². The Morgan fingerprint density at radius 2 is 1.67 bits per heavy atom. The van der Waals surface area contributed by atoms with Crippen LogP contribution in [0.3, 0.4) is 0 Å². The molecule has 0 amide bonds. The number of aromatic nitrogens is 4. The molecule has 0 saturated carbocycles. The Kier molecular flexibility index (Phi) is 6.27. The molecule has 2 heterocycles. The Morgan fingerprint density at radius 3 is 2.37 bits per heavy atom. The quantitative estimate of drug-likeness (QED) is 0.458. The number of anilines is 2. The molecule has 6 heteroatoms. The molecule has 6 nitrogen and oxygen atoms in total. The maximum absolute atomic E-state index is 8.92. The Hall–Kier alpha value is -3.77. The number of aliphatic hydroxyl groups is 1. The van der Waals surface area contributed by atoms with Crippen LogP contribution in [0.1, 0.15) is 23.4 Å². The number of pyridine rings is 1. The summed E-state index contributed by atoms with van der Waals surface area (Å²) in [5.41, 5.74) is 5.89. The molecule has 0 spiro atoms. The number of nitrogens with zero attached hydrogens (tertiary/aromatic N) is 4. The minimum absolute atomic E-state index is 0.161. The van der Waals surface area contributed by atoms with Crippen LogP contribution in [-0.4, -0.2) is 31.7 Å². The first-order chi connectivity index (χ1) is 14.8. The van der Waals surface area contributed by atoms with Gasteiger partial charge in [-0.2, -0.15) is 0 Å². The van der Waals surface area contributed by atoms with Gasteiger partial charge in [-0.05, 0) is 73.0 Å². The molecular formula is C24H23N5O. The van der Waals surface area contributed by atoms with E-state index in [9.17, 15) is 0 Å². The highest BCUT2D eigenvalue weighted by Gasteiger charge is 2.03. The summed E-state index contributed by atoms with van der Waals surface area (Å²) in [5.74, 6) is 0. The van der Waals surface area contributed by atoms with E-state index in [1.54, 1.807) is 10.9 Å². The first kappa shape index (κ1) is 19.5. The predicted octanol–water partition coefficient (Wildman–Crippen LogP) is 4.50. The maximum Gasteiger partial charge on any atom is 0.0832 e. The lowest BCUT2D eigenvalue weighted by atomic mass is 10.1. The fourth-order valence-corrected chi connectivity index (χ4v) is 3.00. The van der Waals surface area contributed by atoms with Crippen LogP contribution in [0.5, 0.6) is 0 Å². The van der Waals surface area contributed by atoms with Crippen LogP contribution in [-0.2, 0) is 6.42 Å².